The Balaban J connectivity index is 1.57. The second-order valence-corrected chi connectivity index (χ2v) is 8.80. The average Bonchev–Trinajstić information content (AvgIpc) is 3.28. The molecule has 0 radical (unpaired) electrons. The van der Waals surface area contributed by atoms with Gasteiger partial charge in [0.2, 0.25) is 5.95 Å². The Morgan fingerprint density at radius 3 is 2.56 bits per heavy atom. The van der Waals surface area contributed by atoms with Crippen molar-refractivity contribution >= 4 is 29.0 Å². The summed E-state index contributed by atoms with van der Waals surface area (Å²) >= 11 is 0. The molecule has 0 unspecified atom stereocenters. The molecule has 1 amide bonds. The van der Waals surface area contributed by atoms with E-state index >= 15 is 0 Å². The second kappa shape index (κ2) is 9.26. The van der Waals surface area contributed by atoms with Gasteiger partial charge < -0.3 is 16.0 Å². The highest BCUT2D eigenvalue weighted by Crippen LogP contribution is 2.25. The van der Waals surface area contributed by atoms with Gasteiger partial charge in [0.05, 0.1) is 0 Å². The van der Waals surface area contributed by atoms with Crippen molar-refractivity contribution in [2.24, 2.45) is 0 Å². The highest BCUT2D eigenvalue weighted by Gasteiger charge is 2.17. The fourth-order valence-corrected chi connectivity index (χ4v) is 3.23. The summed E-state index contributed by atoms with van der Waals surface area (Å²) in [7, 11) is 1.78. The highest BCUT2D eigenvalue weighted by molar-refractivity contribution is 6.05. The molecule has 3 heterocycles. The molecule has 0 saturated carbocycles. The lowest BCUT2D eigenvalue weighted by Crippen LogP contribution is -2.16. The topological polar surface area (TPSA) is 123 Å². The first-order valence-electron chi connectivity index (χ1n) is 10.8. The van der Waals surface area contributed by atoms with Gasteiger partial charge in [-0.15, -0.1) is 0 Å². The maximum absolute atomic E-state index is 13.0. The predicted octanol–water partition coefficient (Wildman–Crippen LogP) is 4.10. The van der Waals surface area contributed by atoms with Gasteiger partial charge in [0, 0.05) is 47.4 Å². The van der Waals surface area contributed by atoms with Gasteiger partial charge in [0.1, 0.15) is 18.5 Å². The molecule has 10 nitrogen and oxygen atoms in total. The van der Waals surface area contributed by atoms with Crippen molar-refractivity contribution < 1.29 is 4.79 Å². The number of benzene rings is 1. The Morgan fingerprint density at radius 1 is 0.971 bits per heavy atom. The maximum atomic E-state index is 13.0. The van der Waals surface area contributed by atoms with Crippen molar-refractivity contribution in [1.29, 1.82) is 0 Å². The van der Waals surface area contributed by atoms with E-state index in [1.165, 1.54) is 12.7 Å². The van der Waals surface area contributed by atoms with Gasteiger partial charge in [0.25, 0.3) is 5.91 Å². The Hall–Kier alpha value is -4.34. The van der Waals surface area contributed by atoms with Crippen molar-refractivity contribution in [3.05, 3.63) is 72.1 Å². The van der Waals surface area contributed by atoms with Crippen molar-refractivity contribution in [3.8, 4) is 5.82 Å². The van der Waals surface area contributed by atoms with E-state index in [9.17, 15) is 4.79 Å². The first kappa shape index (κ1) is 22.8. The Labute approximate surface area is 197 Å². The number of nitrogens with zero attached hydrogens (tertiary/aromatic N) is 6. The second-order valence-electron chi connectivity index (χ2n) is 8.80. The van der Waals surface area contributed by atoms with Gasteiger partial charge in [-0.1, -0.05) is 26.8 Å². The molecule has 1 aromatic carbocycles. The van der Waals surface area contributed by atoms with Crippen LogP contribution >= 0.6 is 0 Å². The molecule has 0 aliphatic carbocycles. The summed E-state index contributed by atoms with van der Waals surface area (Å²) in [5.74, 6) is 1.46. The lowest BCUT2D eigenvalue weighted by Gasteiger charge is -2.18. The molecule has 4 aromatic rings. The molecule has 0 saturated heterocycles. The molecule has 174 valence electrons. The minimum absolute atomic E-state index is 0.116. The Morgan fingerprint density at radius 2 is 1.79 bits per heavy atom. The standard InChI is InChI=1S/C24H27N9O/c1-15-6-7-16(22(34)31-17-8-9-26-19(11-17)24(2,3)4)10-18(15)32-23-29-14-30-33(23)21-12-20(25-5)27-13-28-21/h6-14H,1-5H3,(H,25,27,28)(H,26,31,34)(H,29,30,32). The van der Waals surface area contributed by atoms with Crippen LogP contribution in [0, 0.1) is 6.92 Å². The number of hydrogen-bond acceptors (Lipinski definition) is 8. The van der Waals surface area contributed by atoms with Gasteiger partial charge >= 0.3 is 0 Å². The molecule has 10 heteroatoms. The van der Waals surface area contributed by atoms with E-state index in [0.29, 0.717) is 28.8 Å². The van der Waals surface area contributed by atoms with Crippen LogP contribution in [-0.4, -0.2) is 42.7 Å². The molecule has 3 N–H and O–H groups in total. The van der Waals surface area contributed by atoms with Gasteiger partial charge in [-0.25, -0.2) is 9.97 Å². The molecule has 0 aliphatic rings. The summed E-state index contributed by atoms with van der Waals surface area (Å²) in [4.78, 5) is 30.1. The van der Waals surface area contributed by atoms with E-state index in [-0.39, 0.29) is 11.3 Å². The van der Waals surface area contributed by atoms with Crippen LogP contribution in [0.2, 0.25) is 0 Å². The minimum atomic E-state index is -0.218. The lowest BCUT2D eigenvalue weighted by molar-refractivity contribution is 0.102. The van der Waals surface area contributed by atoms with Crippen LogP contribution in [0.5, 0.6) is 0 Å². The largest absolute Gasteiger partial charge is 0.373 e. The summed E-state index contributed by atoms with van der Waals surface area (Å²) in [5, 5.41) is 13.5. The van der Waals surface area contributed by atoms with Crippen molar-refractivity contribution in [2.75, 3.05) is 23.0 Å². The van der Waals surface area contributed by atoms with Gasteiger partial charge in [0.15, 0.2) is 5.82 Å². The molecule has 3 aromatic heterocycles. The summed E-state index contributed by atoms with van der Waals surface area (Å²) in [6, 6.07) is 10.9. The number of nitrogens with one attached hydrogen (secondary N) is 3. The quantitative estimate of drug-likeness (QED) is 0.396. The smallest absolute Gasteiger partial charge is 0.255 e. The van der Waals surface area contributed by atoms with Crippen LogP contribution in [0.25, 0.3) is 5.82 Å². The van der Waals surface area contributed by atoms with Gasteiger partial charge in [-0.3, -0.25) is 9.78 Å². The number of aryl methyl sites for hydroxylation is 1. The van der Waals surface area contributed by atoms with Crippen LogP contribution in [0.15, 0.2) is 55.2 Å². The lowest BCUT2D eigenvalue weighted by atomic mass is 9.91. The van der Waals surface area contributed by atoms with E-state index in [1.54, 1.807) is 42.2 Å². The van der Waals surface area contributed by atoms with E-state index in [0.717, 1.165) is 16.9 Å². The minimum Gasteiger partial charge on any atom is -0.373 e. The third kappa shape index (κ3) is 5.01. The zero-order valence-corrected chi connectivity index (χ0v) is 19.8. The Bertz CT molecular complexity index is 1320. The van der Waals surface area contributed by atoms with Gasteiger partial charge in [-0.2, -0.15) is 14.8 Å². The molecule has 0 fully saturated rings. The van der Waals surface area contributed by atoms with Crippen LogP contribution in [0.1, 0.15) is 42.4 Å². The molecular formula is C24H27N9O. The Kier molecular flexibility index (Phi) is 6.22. The number of pyridine rings is 1. The summed E-state index contributed by atoms with van der Waals surface area (Å²) in [6.45, 7) is 8.20. The van der Waals surface area contributed by atoms with Crippen LogP contribution < -0.4 is 16.0 Å². The fourth-order valence-electron chi connectivity index (χ4n) is 3.23. The molecule has 0 aliphatic heterocycles. The average molecular weight is 458 g/mol. The monoisotopic (exact) mass is 457 g/mol. The normalized spacial score (nSPS) is 11.2. The van der Waals surface area contributed by atoms with E-state index < -0.39 is 0 Å². The molecule has 4 rings (SSSR count). The number of carbonyl (C=O) groups is 1. The molecule has 0 atom stereocenters. The number of carbonyl (C=O) groups excluding carboxylic acids is 1. The van der Waals surface area contributed by atoms with Crippen LogP contribution in [0.3, 0.4) is 0 Å². The summed E-state index contributed by atoms with van der Waals surface area (Å²) in [6.07, 6.45) is 4.59. The van der Waals surface area contributed by atoms with Crippen molar-refractivity contribution in [3.63, 3.8) is 0 Å². The molecule has 0 bridgehead atoms. The third-order valence-electron chi connectivity index (χ3n) is 5.21. The van der Waals surface area contributed by atoms with Crippen LogP contribution in [-0.2, 0) is 5.41 Å². The molecule has 34 heavy (non-hydrogen) atoms. The number of aromatic nitrogens is 6. The number of anilines is 4. The fraction of sp³-hybridized carbons (Fsp3) is 0.250. The molecular weight excluding hydrogens is 430 g/mol. The van der Waals surface area contributed by atoms with Crippen molar-refractivity contribution in [2.45, 2.75) is 33.1 Å². The third-order valence-corrected chi connectivity index (χ3v) is 5.21. The van der Waals surface area contributed by atoms with E-state index in [4.69, 9.17) is 0 Å². The number of hydrogen-bond donors (Lipinski definition) is 3. The molecule has 0 spiro atoms. The van der Waals surface area contributed by atoms with Gasteiger partial charge in [-0.05, 0) is 36.8 Å². The van der Waals surface area contributed by atoms with Crippen molar-refractivity contribution in [1.82, 2.24) is 29.7 Å². The highest BCUT2D eigenvalue weighted by atomic mass is 16.1. The zero-order chi connectivity index (χ0) is 24.3. The van der Waals surface area contributed by atoms with E-state index in [1.807, 2.05) is 19.1 Å². The van der Waals surface area contributed by atoms with Crippen LogP contribution in [0.4, 0.5) is 23.1 Å². The summed E-state index contributed by atoms with van der Waals surface area (Å²) in [5.41, 5.74) is 3.67. The maximum Gasteiger partial charge on any atom is 0.255 e. The first-order chi connectivity index (χ1) is 16.2. The number of rotatable bonds is 6. The SMILES string of the molecule is CNc1cc(-n2ncnc2Nc2cc(C(=O)Nc3ccnc(C(C)(C)C)c3)ccc2C)ncn1. The predicted molar refractivity (Wildman–Crippen MR) is 132 cm³/mol. The number of amides is 1. The van der Waals surface area contributed by atoms with E-state index in [2.05, 4.69) is 61.8 Å². The summed E-state index contributed by atoms with van der Waals surface area (Å²) < 4.78 is 1.57. The first-order valence-corrected chi connectivity index (χ1v) is 10.8. The zero-order valence-electron chi connectivity index (χ0n) is 19.8.